The van der Waals surface area contributed by atoms with Crippen molar-refractivity contribution in [3.63, 3.8) is 0 Å². The van der Waals surface area contributed by atoms with E-state index in [1.807, 2.05) is 0 Å². The monoisotopic (exact) mass is 159 g/mol. The molecule has 0 fully saturated rings. The van der Waals surface area contributed by atoms with Crippen molar-refractivity contribution < 1.29 is 9.50 Å². The van der Waals surface area contributed by atoms with Gasteiger partial charge in [-0.15, -0.1) is 12.3 Å². The van der Waals surface area contributed by atoms with Gasteiger partial charge in [-0.25, -0.2) is 4.39 Å². The van der Waals surface area contributed by atoms with Crippen molar-refractivity contribution in [1.29, 1.82) is 0 Å². The van der Waals surface area contributed by atoms with Gasteiger partial charge >= 0.3 is 0 Å². The van der Waals surface area contributed by atoms with Crippen LogP contribution in [-0.4, -0.2) is 23.4 Å². The van der Waals surface area contributed by atoms with Crippen LogP contribution in [0.3, 0.4) is 0 Å². The molecule has 64 valence electrons. The van der Waals surface area contributed by atoms with Gasteiger partial charge in [-0.2, -0.15) is 0 Å². The summed E-state index contributed by atoms with van der Waals surface area (Å²) in [6.45, 7) is 1.67. The molecule has 0 spiro atoms. The highest BCUT2D eigenvalue weighted by molar-refractivity contribution is 4.94. The number of rotatable bonds is 4. The zero-order valence-corrected chi connectivity index (χ0v) is 6.68. The molecule has 0 rings (SSSR count). The maximum Gasteiger partial charge on any atom is 0.139 e. The predicted octanol–water partition coefficient (Wildman–Crippen LogP) is 0.448. The zero-order valence-electron chi connectivity index (χ0n) is 6.68. The summed E-state index contributed by atoms with van der Waals surface area (Å²) in [5.74, 6) is 2.16. The molecule has 2 nitrogen and oxygen atoms in total. The zero-order chi connectivity index (χ0) is 8.91. The molecule has 2 unspecified atom stereocenters. The van der Waals surface area contributed by atoms with Crippen LogP contribution in [0.25, 0.3) is 0 Å². The second-order valence-electron chi connectivity index (χ2n) is 2.77. The number of alkyl halides is 1. The summed E-state index contributed by atoms with van der Waals surface area (Å²) in [5.41, 5.74) is 3.80. The van der Waals surface area contributed by atoms with E-state index in [1.54, 1.807) is 0 Å². The molecular weight excluding hydrogens is 145 g/mol. The predicted molar refractivity (Wildman–Crippen MR) is 42.6 cm³/mol. The van der Waals surface area contributed by atoms with Crippen LogP contribution < -0.4 is 5.73 Å². The van der Waals surface area contributed by atoms with Crippen LogP contribution in [0.15, 0.2) is 0 Å². The summed E-state index contributed by atoms with van der Waals surface area (Å²) in [6.07, 6.45) is 3.68. The van der Waals surface area contributed by atoms with Gasteiger partial charge in [0.05, 0.1) is 5.60 Å². The van der Waals surface area contributed by atoms with Crippen molar-refractivity contribution in [3.8, 4) is 12.3 Å². The van der Waals surface area contributed by atoms with E-state index >= 15 is 0 Å². The third kappa shape index (κ3) is 3.35. The molecule has 3 heteroatoms. The topological polar surface area (TPSA) is 46.2 Å². The number of aliphatic hydroxyl groups is 1. The fraction of sp³-hybridized carbons (Fsp3) is 0.750. The normalized spacial score (nSPS) is 18.5. The molecule has 2 atom stereocenters. The number of hydrogen-bond donors (Lipinski definition) is 2. The Morgan fingerprint density at radius 2 is 2.36 bits per heavy atom. The van der Waals surface area contributed by atoms with Crippen molar-refractivity contribution in [1.82, 2.24) is 0 Å². The Kier molecular flexibility index (Phi) is 4.09. The maximum absolute atomic E-state index is 12.9. The van der Waals surface area contributed by atoms with Gasteiger partial charge in [0, 0.05) is 6.42 Å². The minimum absolute atomic E-state index is 0.0625. The molecule has 0 aliphatic heterocycles. The van der Waals surface area contributed by atoms with Crippen LogP contribution in [0, 0.1) is 12.3 Å². The van der Waals surface area contributed by atoms with Crippen molar-refractivity contribution in [2.45, 2.75) is 31.5 Å². The average Bonchev–Trinajstić information content (AvgIpc) is 1.88. The second kappa shape index (κ2) is 4.32. The minimum atomic E-state index is -1.38. The molecule has 0 saturated heterocycles. The van der Waals surface area contributed by atoms with Crippen molar-refractivity contribution in [2.24, 2.45) is 5.73 Å². The minimum Gasteiger partial charge on any atom is -0.387 e. The first-order valence-corrected chi connectivity index (χ1v) is 3.54. The molecule has 0 amide bonds. The Balaban J connectivity index is 3.96. The molecule has 0 aliphatic carbocycles. The van der Waals surface area contributed by atoms with Crippen LogP contribution in [0.4, 0.5) is 4.39 Å². The van der Waals surface area contributed by atoms with E-state index in [4.69, 9.17) is 12.2 Å². The Labute approximate surface area is 66.6 Å². The second-order valence-corrected chi connectivity index (χ2v) is 2.77. The maximum atomic E-state index is 12.9. The van der Waals surface area contributed by atoms with Crippen molar-refractivity contribution in [3.05, 3.63) is 0 Å². The van der Waals surface area contributed by atoms with E-state index in [2.05, 4.69) is 5.92 Å². The summed E-state index contributed by atoms with van der Waals surface area (Å²) >= 11 is 0. The molecule has 3 N–H and O–H groups in total. The van der Waals surface area contributed by atoms with Gasteiger partial charge in [0.15, 0.2) is 0 Å². The molecule has 11 heavy (non-hydrogen) atoms. The fourth-order valence-corrected chi connectivity index (χ4v) is 0.772. The van der Waals surface area contributed by atoms with E-state index in [-0.39, 0.29) is 19.4 Å². The fourth-order valence-electron chi connectivity index (χ4n) is 0.772. The molecule has 0 radical (unpaired) electrons. The first-order valence-electron chi connectivity index (χ1n) is 3.54. The van der Waals surface area contributed by atoms with Gasteiger partial charge in [0.1, 0.15) is 6.17 Å². The molecule has 0 aromatic heterocycles. The van der Waals surface area contributed by atoms with Crippen LogP contribution in [0.1, 0.15) is 19.8 Å². The van der Waals surface area contributed by atoms with E-state index < -0.39 is 11.8 Å². The van der Waals surface area contributed by atoms with E-state index in [0.29, 0.717) is 0 Å². The molecule has 0 bridgehead atoms. The van der Waals surface area contributed by atoms with Crippen LogP contribution in [0.2, 0.25) is 0 Å². The lowest BCUT2D eigenvalue weighted by Crippen LogP contribution is -2.38. The quantitative estimate of drug-likeness (QED) is 0.585. The Bertz CT molecular complexity index is 151. The standard InChI is InChI=1S/C8H14FNO/c1-3-4-7(9)8(2,11)5-6-10/h1,7,11H,4-6,10H2,2H3. The molecular formula is C8H14FNO. The Morgan fingerprint density at radius 1 is 1.82 bits per heavy atom. The highest BCUT2D eigenvalue weighted by atomic mass is 19.1. The largest absolute Gasteiger partial charge is 0.387 e. The lowest BCUT2D eigenvalue weighted by atomic mass is 9.94. The third-order valence-electron chi connectivity index (χ3n) is 1.62. The smallest absolute Gasteiger partial charge is 0.139 e. The number of halogens is 1. The van der Waals surface area contributed by atoms with Gasteiger partial charge in [-0.1, -0.05) is 0 Å². The Morgan fingerprint density at radius 3 is 2.73 bits per heavy atom. The summed E-state index contributed by atoms with van der Waals surface area (Å²) < 4.78 is 12.9. The van der Waals surface area contributed by atoms with Crippen LogP contribution in [0.5, 0.6) is 0 Å². The van der Waals surface area contributed by atoms with E-state index in [1.165, 1.54) is 6.92 Å². The Hall–Kier alpha value is -0.590. The van der Waals surface area contributed by atoms with Crippen LogP contribution in [-0.2, 0) is 0 Å². The summed E-state index contributed by atoms with van der Waals surface area (Å²) in [6, 6.07) is 0. The third-order valence-corrected chi connectivity index (χ3v) is 1.62. The van der Waals surface area contributed by atoms with Gasteiger partial charge in [-0.3, -0.25) is 0 Å². The lowest BCUT2D eigenvalue weighted by Gasteiger charge is -2.25. The molecule has 0 aliphatic rings. The van der Waals surface area contributed by atoms with Gasteiger partial charge in [-0.05, 0) is 19.9 Å². The molecule has 0 saturated carbocycles. The van der Waals surface area contributed by atoms with Crippen LogP contribution >= 0.6 is 0 Å². The highest BCUT2D eigenvalue weighted by Gasteiger charge is 2.30. The first kappa shape index (κ1) is 10.4. The van der Waals surface area contributed by atoms with E-state index in [0.717, 1.165) is 0 Å². The van der Waals surface area contributed by atoms with Gasteiger partial charge in [0.2, 0.25) is 0 Å². The molecule has 0 aromatic carbocycles. The van der Waals surface area contributed by atoms with Gasteiger partial charge < -0.3 is 10.8 Å². The number of terminal acetylenes is 1. The lowest BCUT2D eigenvalue weighted by molar-refractivity contribution is -0.0219. The summed E-state index contributed by atoms with van der Waals surface area (Å²) in [7, 11) is 0. The SMILES string of the molecule is C#CCC(F)C(C)(O)CCN. The highest BCUT2D eigenvalue weighted by Crippen LogP contribution is 2.19. The summed E-state index contributed by atoms with van der Waals surface area (Å²) in [5, 5.41) is 9.36. The molecule has 0 heterocycles. The number of hydrogen-bond acceptors (Lipinski definition) is 2. The number of nitrogens with two attached hydrogens (primary N) is 1. The van der Waals surface area contributed by atoms with Gasteiger partial charge in [0.25, 0.3) is 0 Å². The van der Waals surface area contributed by atoms with E-state index in [9.17, 15) is 9.50 Å². The first-order chi connectivity index (χ1) is 5.04. The summed E-state index contributed by atoms with van der Waals surface area (Å²) in [4.78, 5) is 0. The van der Waals surface area contributed by atoms with Crippen molar-refractivity contribution in [2.75, 3.05) is 6.54 Å². The van der Waals surface area contributed by atoms with Crippen molar-refractivity contribution >= 4 is 0 Å². The average molecular weight is 159 g/mol. The molecule has 0 aromatic rings.